The zero-order valence-corrected chi connectivity index (χ0v) is 6.38. The van der Waals surface area contributed by atoms with Crippen LogP contribution in [0.1, 0.15) is 13.8 Å². The van der Waals surface area contributed by atoms with Crippen LogP contribution in [0.4, 0.5) is 12.0 Å². The number of nitrogens with one attached hydrogen (secondary N) is 1. The third kappa shape index (κ3) is 2.34. The van der Waals surface area contributed by atoms with E-state index in [9.17, 15) is 0 Å². The van der Waals surface area contributed by atoms with E-state index in [0.717, 1.165) is 0 Å². The lowest BCUT2D eigenvalue weighted by Gasteiger charge is -1.80. The fourth-order valence-corrected chi connectivity index (χ4v) is 0.337. The van der Waals surface area contributed by atoms with E-state index in [4.69, 9.17) is 5.73 Å². The molecule has 0 aliphatic rings. The molecule has 0 bridgehead atoms. The molecule has 5 heteroatoms. The Morgan fingerprint density at radius 1 is 1.50 bits per heavy atom. The van der Waals surface area contributed by atoms with Gasteiger partial charge in [-0.15, -0.1) is 0 Å². The minimum absolute atomic E-state index is 0.0781. The standard InChI is InChI=1S/C3H6N4O.C2H6/c1-5-3-6-2(4)8-7-3;1-2/h1H3,(H3,4,5,6,7);1-2H3. The van der Waals surface area contributed by atoms with Crippen molar-refractivity contribution in [1.29, 1.82) is 0 Å². The molecule has 3 N–H and O–H groups in total. The fraction of sp³-hybridized carbons (Fsp3) is 0.600. The lowest BCUT2D eigenvalue weighted by Crippen LogP contribution is -1.89. The summed E-state index contributed by atoms with van der Waals surface area (Å²) in [6, 6.07) is 0.0781. The number of nitrogen functional groups attached to an aromatic ring is 1. The van der Waals surface area contributed by atoms with Gasteiger partial charge in [-0.1, -0.05) is 13.8 Å². The van der Waals surface area contributed by atoms with Crippen LogP contribution in [0, 0.1) is 0 Å². The number of hydrogen-bond acceptors (Lipinski definition) is 5. The average Bonchev–Trinajstić information content (AvgIpc) is 2.40. The molecule has 0 atom stereocenters. The highest BCUT2D eigenvalue weighted by atomic mass is 16.5. The van der Waals surface area contributed by atoms with Gasteiger partial charge in [0.25, 0.3) is 5.95 Å². The van der Waals surface area contributed by atoms with Gasteiger partial charge in [0, 0.05) is 7.05 Å². The highest BCUT2D eigenvalue weighted by molar-refractivity contribution is 5.25. The van der Waals surface area contributed by atoms with Crippen molar-refractivity contribution in [3.63, 3.8) is 0 Å². The van der Waals surface area contributed by atoms with Crippen LogP contribution in [0.2, 0.25) is 0 Å². The van der Waals surface area contributed by atoms with E-state index in [-0.39, 0.29) is 6.01 Å². The SMILES string of the molecule is CC.CNc1noc(N)n1. The lowest BCUT2D eigenvalue weighted by atomic mass is 11.0. The number of anilines is 2. The van der Waals surface area contributed by atoms with E-state index < -0.39 is 0 Å². The number of aromatic nitrogens is 2. The summed E-state index contributed by atoms with van der Waals surface area (Å²) < 4.78 is 4.41. The second-order valence-electron chi connectivity index (χ2n) is 1.21. The van der Waals surface area contributed by atoms with Crippen LogP contribution in [0.3, 0.4) is 0 Å². The number of nitrogens with two attached hydrogens (primary N) is 1. The number of hydrogen-bond donors (Lipinski definition) is 2. The van der Waals surface area contributed by atoms with Gasteiger partial charge in [0.05, 0.1) is 0 Å². The Bertz CT molecular complexity index is 174. The molecule has 58 valence electrons. The van der Waals surface area contributed by atoms with Crippen LogP contribution in [0.5, 0.6) is 0 Å². The molecule has 0 saturated heterocycles. The van der Waals surface area contributed by atoms with Crippen molar-refractivity contribution in [1.82, 2.24) is 10.1 Å². The molecule has 1 heterocycles. The molecule has 0 aromatic carbocycles. The Hall–Kier alpha value is -1.26. The summed E-state index contributed by atoms with van der Waals surface area (Å²) in [6.45, 7) is 4.00. The zero-order chi connectivity index (χ0) is 7.98. The summed E-state index contributed by atoms with van der Waals surface area (Å²) in [5, 5.41) is 6.06. The van der Waals surface area contributed by atoms with Crippen molar-refractivity contribution in [3.05, 3.63) is 0 Å². The van der Waals surface area contributed by atoms with Crippen LogP contribution in [-0.2, 0) is 0 Å². The molecule has 1 aromatic heterocycles. The van der Waals surface area contributed by atoms with Gasteiger partial charge in [-0.05, 0) is 5.16 Å². The van der Waals surface area contributed by atoms with Crippen molar-refractivity contribution in [2.24, 2.45) is 0 Å². The predicted octanol–water partition coefficient (Wildman–Crippen LogP) is 0.720. The van der Waals surface area contributed by atoms with E-state index in [1.807, 2.05) is 13.8 Å². The molecule has 0 aliphatic carbocycles. The molecular weight excluding hydrogens is 132 g/mol. The molecule has 0 unspecified atom stereocenters. The topological polar surface area (TPSA) is 77.0 Å². The first-order chi connectivity index (χ1) is 4.83. The highest BCUT2D eigenvalue weighted by Gasteiger charge is 1.95. The maximum atomic E-state index is 5.07. The Labute approximate surface area is 59.6 Å². The van der Waals surface area contributed by atoms with Crippen LogP contribution in [-0.4, -0.2) is 17.2 Å². The molecular formula is C5H12N4O. The third-order valence-electron chi connectivity index (χ3n) is 0.665. The summed E-state index contributed by atoms with van der Waals surface area (Å²) in [6.07, 6.45) is 0. The van der Waals surface area contributed by atoms with Crippen molar-refractivity contribution in [2.75, 3.05) is 18.1 Å². The molecule has 0 aliphatic heterocycles. The van der Waals surface area contributed by atoms with Crippen molar-refractivity contribution < 1.29 is 4.52 Å². The normalized spacial score (nSPS) is 7.90. The maximum absolute atomic E-state index is 5.07. The average molecular weight is 144 g/mol. The summed E-state index contributed by atoms with van der Waals surface area (Å²) in [4.78, 5) is 3.62. The Morgan fingerprint density at radius 3 is 2.30 bits per heavy atom. The summed E-state index contributed by atoms with van der Waals surface area (Å²) >= 11 is 0. The van der Waals surface area contributed by atoms with Crippen molar-refractivity contribution >= 4 is 12.0 Å². The Kier molecular flexibility index (Phi) is 4.02. The lowest BCUT2D eigenvalue weighted by molar-refractivity contribution is 0.437. The first-order valence-corrected chi connectivity index (χ1v) is 3.10. The summed E-state index contributed by atoms with van der Waals surface area (Å²) in [5.41, 5.74) is 5.07. The van der Waals surface area contributed by atoms with Crippen LogP contribution in [0.15, 0.2) is 4.52 Å². The van der Waals surface area contributed by atoms with E-state index in [1.165, 1.54) is 0 Å². The van der Waals surface area contributed by atoms with Crippen LogP contribution < -0.4 is 11.1 Å². The van der Waals surface area contributed by atoms with E-state index in [2.05, 4.69) is 20.0 Å². The van der Waals surface area contributed by atoms with Crippen molar-refractivity contribution in [3.8, 4) is 0 Å². The minimum Gasteiger partial charge on any atom is -0.355 e. The molecule has 0 spiro atoms. The quantitative estimate of drug-likeness (QED) is 0.607. The largest absolute Gasteiger partial charge is 0.355 e. The molecule has 0 fully saturated rings. The second kappa shape index (κ2) is 4.60. The van der Waals surface area contributed by atoms with Crippen LogP contribution >= 0.6 is 0 Å². The van der Waals surface area contributed by atoms with Gasteiger partial charge in [0.1, 0.15) is 0 Å². The van der Waals surface area contributed by atoms with Gasteiger partial charge >= 0.3 is 6.01 Å². The summed E-state index contributed by atoms with van der Waals surface area (Å²) in [7, 11) is 1.68. The minimum atomic E-state index is 0.0781. The highest BCUT2D eigenvalue weighted by Crippen LogP contribution is 1.99. The Balaban J connectivity index is 0.000000371. The van der Waals surface area contributed by atoms with Gasteiger partial charge in [-0.2, -0.15) is 4.98 Å². The molecule has 5 nitrogen and oxygen atoms in total. The van der Waals surface area contributed by atoms with Crippen LogP contribution in [0.25, 0.3) is 0 Å². The molecule has 1 aromatic rings. The maximum Gasteiger partial charge on any atom is 0.320 e. The number of nitrogens with zero attached hydrogens (tertiary/aromatic N) is 2. The first kappa shape index (κ1) is 8.74. The monoisotopic (exact) mass is 144 g/mol. The molecule has 0 amide bonds. The number of rotatable bonds is 1. The third-order valence-corrected chi connectivity index (χ3v) is 0.665. The molecule has 10 heavy (non-hydrogen) atoms. The van der Waals surface area contributed by atoms with Gasteiger partial charge in [0.2, 0.25) is 0 Å². The predicted molar refractivity (Wildman–Crippen MR) is 39.6 cm³/mol. The van der Waals surface area contributed by atoms with E-state index in [1.54, 1.807) is 7.05 Å². The summed E-state index contributed by atoms with van der Waals surface area (Å²) in [5.74, 6) is 0.405. The van der Waals surface area contributed by atoms with Crippen molar-refractivity contribution in [2.45, 2.75) is 13.8 Å². The van der Waals surface area contributed by atoms with Gasteiger partial charge < -0.3 is 15.6 Å². The van der Waals surface area contributed by atoms with Gasteiger partial charge in [0.15, 0.2) is 0 Å². The Morgan fingerprint density at radius 2 is 2.10 bits per heavy atom. The fourth-order valence-electron chi connectivity index (χ4n) is 0.337. The second-order valence-corrected chi connectivity index (χ2v) is 1.21. The molecule has 1 rings (SSSR count). The first-order valence-electron chi connectivity index (χ1n) is 3.10. The smallest absolute Gasteiger partial charge is 0.320 e. The van der Waals surface area contributed by atoms with Gasteiger partial charge in [-0.25, -0.2) is 0 Å². The van der Waals surface area contributed by atoms with Gasteiger partial charge in [-0.3, -0.25) is 0 Å². The van der Waals surface area contributed by atoms with E-state index >= 15 is 0 Å². The molecule has 0 saturated carbocycles. The van der Waals surface area contributed by atoms with E-state index in [0.29, 0.717) is 5.95 Å². The zero-order valence-electron chi connectivity index (χ0n) is 6.38. The molecule has 0 radical (unpaired) electrons.